The van der Waals surface area contributed by atoms with E-state index in [-0.39, 0.29) is 0 Å². The van der Waals surface area contributed by atoms with Crippen LogP contribution >= 0.6 is 0 Å². The van der Waals surface area contributed by atoms with Crippen molar-refractivity contribution in [3.8, 4) is 0 Å². The van der Waals surface area contributed by atoms with E-state index >= 15 is 0 Å². The fourth-order valence-electron chi connectivity index (χ4n) is 3.27. The van der Waals surface area contributed by atoms with Crippen LogP contribution in [0.2, 0.25) is 0 Å². The summed E-state index contributed by atoms with van der Waals surface area (Å²) in [6.07, 6.45) is 0. The topological polar surface area (TPSA) is 55.4 Å². The average Bonchev–Trinajstić information content (AvgIpc) is 2.62. The van der Waals surface area contributed by atoms with Crippen molar-refractivity contribution in [1.29, 1.82) is 0 Å². The van der Waals surface area contributed by atoms with E-state index in [4.69, 9.17) is 26.6 Å². The Balaban J connectivity index is 3.36. The molecule has 1 aromatic carbocycles. The quantitative estimate of drug-likeness (QED) is 0.398. The average molecular weight is 431 g/mol. The van der Waals surface area contributed by atoms with Crippen LogP contribution in [0.4, 0.5) is 0 Å². The minimum Gasteiger partial charge on any atom is -0.374 e. The molecule has 0 aromatic heterocycles. The third-order valence-electron chi connectivity index (χ3n) is 4.01. The summed E-state index contributed by atoms with van der Waals surface area (Å²) in [4.78, 5) is 0. The minimum atomic E-state index is -2.97. The molecule has 0 spiro atoms. The molecule has 0 saturated carbocycles. The van der Waals surface area contributed by atoms with Gasteiger partial charge in [0.15, 0.2) is 0 Å². The normalized spacial score (nSPS) is 12.5. The summed E-state index contributed by atoms with van der Waals surface area (Å²) in [5, 5.41) is 0.973. The van der Waals surface area contributed by atoms with E-state index in [9.17, 15) is 0 Å². The fourth-order valence-corrected chi connectivity index (χ4v) is 8.51. The lowest BCUT2D eigenvalue weighted by Crippen LogP contribution is -2.57. The van der Waals surface area contributed by atoms with Gasteiger partial charge in [-0.15, -0.1) is 0 Å². The Morgan fingerprint density at radius 1 is 0.607 bits per heavy atom. The molecule has 6 nitrogen and oxygen atoms in total. The zero-order chi connectivity index (χ0) is 21.0. The molecular formula is C20H38O6Si2. The van der Waals surface area contributed by atoms with Gasteiger partial charge in [0.2, 0.25) is 0 Å². The Labute approximate surface area is 173 Å². The predicted octanol–water partition coefficient (Wildman–Crippen LogP) is 3.38. The van der Waals surface area contributed by atoms with E-state index in [1.165, 1.54) is 0 Å². The molecule has 0 radical (unpaired) electrons. The van der Waals surface area contributed by atoms with E-state index in [0.29, 0.717) is 45.7 Å². The molecule has 0 N–H and O–H groups in total. The zero-order valence-electron chi connectivity index (χ0n) is 18.6. The first-order valence-electron chi connectivity index (χ1n) is 10.4. The maximum absolute atomic E-state index is 6.09. The van der Waals surface area contributed by atoms with Gasteiger partial charge >= 0.3 is 17.6 Å². The largest absolute Gasteiger partial charge is 0.537 e. The van der Waals surface area contributed by atoms with E-state index in [1.54, 1.807) is 0 Å². The second-order valence-corrected chi connectivity index (χ2v) is 11.4. The van der Waals surface area contributed by atoms with Crippen LogP contribution in [0.15, 0.2) is 18.2 Å². The van der Waals surface area contributed by atoms with E-state index in [2.05, 4.69) is 25.1 Å². The van der Waals surface area contributed by atoms with Crippen LogP contribution < -0.4 is 5.19 Å². The summed E-state index contributed by atoms with van der Waals surface area (Å²) in [6, 6.07) is 6.96. The van der Waals surface area contributed by atoms with Crippen molar-refractivity contribution in [2.75, 3.05) is 39.6 Å². The number of benzene rings is 1. The van der Waals surface area contributed by atoms with E-state index in [1.807, 2.05) is 41.5 Å². The van der Waals surface area contributed by atoms with Crippen molar-refractivity contribution in [2.45, 2.75) is 54.5 Å². The molecule has 0 saturated heterocycles. The van der Waals surface area contributed by atoms with Crippen LogP contribution in [0.25, 0.3) is 0 Å². The highest BCUT2D eigenvalue weighted by Gasteiger charge is 2.45. The summed E-state index contributed by atoms with van der Waals surface area (Å²) in [5.74, 6) is 0. The van der Waals surface area contributed by atoms with Gasteiger partial charge in [-0.1, -0.05) is 23.8 Å². The lowest BCUT2D eigenvalue weighted by Gasteiger charge is -2.31. The van der Waals surface area contributed by atoms with Gasteiger partial charge in [0.05, 0.1) is 0 Å². The minimum absolute atomic E-state index is 0.533. The smallest absolute Gasteiger partial charge is 0.374 e. The van der Waals surface area contributed by atoms with Gasteiger partial charge in [0.25, 0.3) is 0 Å². The highest BCUT2D eigenvalue weighted by Crippen LogP contribution is 2.20. The van der Waals surface area contributed by atoms with E-state index < -0.39 is 17.6 Å². The zero-order valence-corrected chi connectivity index (χ0v) is 20.6. The van der Waals surface area contributed by atoms with Crippen molar-refractivity contribution in [3.63, 3.8) is 0 Å². The van der Waals surface area contributed by atoms with Crippen LogP contribution in [-0.4, -0.2) is 57.3 Å². The molecule has 1 rings (SSSR count). The molecule has 0 aliphatic heterocycles. The second kappa shape index (κ2) is 12.9. The number of aryl methyl sites for hydroxylation is 1. The summed E-state index contributed by atoms with van der Waals surface area (Å²) < 4.78 is 36.4. The highest BCUT2D eigenvalue weighted by molar-refractivity contribution is 6.75. The third kappa shape index (κ3) is 7.03. The van der Waals surface area contributed by atoms with Gasteiger partial charge < -0.3 is 26.6 Å². The van der Waals surface area contributed by atoms with Crippen LogP contribution in [0.5, 0.6) is 0 Å². The molecule has 162 valence electrons. The monoisotopic (exact) mass is 430 g/mol. The van der Waals surface area contributed by atoms with Gasteiger partial charge in [-0.05, 0) is 54.0 Å². The standard InChI is InChI=1S/C20H38O6Si2/c1-8-21-27(22-9-2,23-10-3)17-19-14-18(7)15-20(16-19)28(24-11-4,25-12-5)26-13-6/h14-16H,8-13,17H2,1-7H3. The Hall–Kier alpha value is -0.586. The number of rotatable bonds is 15. The molecule has 1 aromatic rings. The summed E-state index contributed by atoms with van der Waals surface area (Å²) in [6.45, 7) is 17.1. The first kappa shape index (κ1) is 25.5. The molecule has 0 aliphatic carbocycles. The van der Waals surface area contributed by atoms with Gasteiger partial charge in [-0.2, -0.15) is 0 Å². The molecule has 0 atom stereocenters. The molecular weight excluding hydrogens is 392 g/mol. The summed E-state index contributed by atoms with van der Waals surface area (Å²) >= 11 is 0. The predicted molar refractivity (Wildman–Crippen MR) is 116 cm³/mol. The second-order valence-electron chi connectivity index (χ2n) is 6.22. The van der Waals surface area contributed by atoms with Crippen molar-refractivity contribution in [3.05, 3.63) is 29.3 Å². The van der Waals surface area contributed by atoms with Crippen LogP contribution in [0.3, 0.4) is 0 Å². The first-order valence-corrected chi connectivity index (χ1v) is 14.0. The third-order valence-corrected chi connectivity index (χ3v) is 10.0. The van der Waals surface area contributed by atoms with Crippen molar-refractivity contribution in [1.82, 2.24) is 0 Å². The van der Waals surface area contributed by atoms with Crippen LogP contribution in [0.1, 0.15) is 52.7 Å². The molecule has 0 unspecified atom stereocenters. The van der Waals surface area contributed by atoms with Gasteiger partial charge in [0, 0.05) is 50.9 Å². The van der Waals surface area contributed by atoms with E-state index in [0.717, 1.165) is 16.3 Å². The molecule has 0 aliphatic rings. The SMILES string of the molecule is CCO[Si](Cc1cc(C)cc([Si](OCC)(OCC)OCC)c1)(OCC)OCC. The van der Waals surface area contributed by atoms with Crippen molar-refractivity contribution < 1.29 is 26.6 Å². The molecule has 0 bridgehead atoms. The maximum atomic E-state index is 6.09. The number of hydrogen-bond acceptors (Lipinski definition) is 6. The molecule has 0 heterocycles. The molecule has 0 fully saturated rings. The molecule has 0 amide bonds. The van der Waals surface area contributed by atoms with Gasteiger partial charge in [0.1, 0.15) is 0 Å². The van der Waals surface area contributed by atoms with Crippen LogP contribution in [-0.2, 0) is 32.6 Å². The molecule has 28 heavy (non-hydrogen) atoms. The lowest BCUT2D eigenvalue weighted by atomic mass is 10.2. The van der Waals surface area contributed by atoms with Crippen LogP contribution in [0, 0.1) is 6.92 Å². The first-order chi connectivity index (χ1) is 13.4. The Kier molecular flexibility index (Phi) is 11.7. The number of hydrogen-bond donors (Lipinski definition) is 0. The fraction of sp³-hybridized carbons (Fsp3) is 0.700. The Bertz CT molecular complexity index is 536. The Morgan fingerprint density at radius 3 is 1.43 bits per heavy atom. The maximum Gasteiger partial charge on any atom is 0.537 e. The van der Waals surface area contributed by atoms with Crippen molar-refractivity contribution >= 4 is 22.8 Å². The summed E-state index contributed by atoms with van der Waals surface area (Å²) in [7, 11) is -5.78. The highest BCUT2D eigenvalue weighted by atomic mass is 28.4. The lowest BCUT2D eigenvalue weighted by molar-refractivity contribution is 0.0702. The summed E-state index contributed by atoms with van der Waals surface area (Å²) in [5.41, 5.74) is 2.21. The van der Waals surface area contributed by atoms with Crippen molar-refractivity contribution in [2.24, 2.45) is 0 Å². The Morgan fingerprint density at radius 2 is 1.04 bits per heavy atom. The molecule has 8 heteroatoms. The van der Waals surface area contributed by atoms with Gasteiger partial charge in [-0.3, -0.25) is 0 Å². The van der Waals surface area contributed by atoms with Gasteiger partial charge in [-0.25, -0.2) is 0 Å².